The quantitative estimate of drug-likeness (QED) is 0.165. The summed E-state index contributed by atoms with van der Waals surface area (Å²) in [6.45, 7) is 5.19. The summed E-state index contributed by atoms with van der Waals surface area (Å²) in [7, 11) is 1.57. The van der Waals surface area contributed by atoms with Gasteiger partial charge in [0.2, 0.25) is 0 Å². The Morgan fingerprint density at radius 2 is 1.73 bits per heavy atom. The zero-order valence-electron chi connectivity index (χ0n) is 20.9. The summed E-state index contributed by atoms with van der Waals surface area (Å²) >= 11 is 0. The van der Waals surface area contributed by atoms with Crippen LogP contribution in [0.1, 0.15) is 33.4 Å². The van der Waals surface area contributed by atoms with Crippen molar-refractivity contribution < 1.29 is 14.9 Å². The molecule has 9 heteroatoms. The minimum absolute atomic E-state index is 0.0536. The van der Waals surface area contributed by atoms with Crippen molar-refractivity contribution in [1.82, 2.24) is 9.78 Å². The number of aryl methyl sites for hydroxylation is 2. The van der Waals surface area contributed by atoms with Crippen LogP contribution in [0.4, 0.5) is 5.69 Å². The van der Waals surface area contributed by atoms with E-state index >= 15 is 0 Å². The molecule has 0 atom stereocenters. The van der Waals surface area contributed by atoms with Crippen LogP contribution in [0.15, 0.2) is 76.7 Å². The Morgan fingerprint density at radius 1 is 1.05 bits per heavy atom. The molecule has 0 spiro atoms. The minimum atomic E-state index is -0.490. The summed E-state index contributed by atoms with van der Waals surface area (Å²) in [6.07, 6.45) is 0. The van der Waals surface area contributed by atoms with Crippen molar-refractivity contribution in [3.05, 3.63) is 121 Å². The Hall–Kier alpha value is -4.79. The molecule has 0 fully saturated rings. The summed E-state index contributed by atoms with van der Waals surface area (Å²) in [5.74, 6) is 0.664. The van der Waals surface area contributed by atoms with Gasteiger partial charge in [0.05, 0.1) is 29.8 Å². The molecule has 0 aliphatic rings. The highest BCUT2D eigenvalue weighted by molar-refractivity contribution is 6.15. The van der Waals surface area contributed by atoms with Crippen LogP contribution in [0.2, 0.25) is 0 Å². The first-order valence-electron chi connectivity index (χ1n) is 11.5. The van der Waals surface area contributed by atoms with Gasteiger partial charge in [0, 0.05) is 22.3 Å². The van der Waals surface area contributed by atoms with Gasteiger partial charge < -0.3 is 9.94 Å². The normalized spacial score (nSPS) is 11.4. The molecule has 0 amide bonds. The monoisotopic (exact) mass is 498 g/mol. The van der Waals surface area contributed by atoms with E-state index in [9.17, 15) is 20.1 Å². The van der Waals surface area contributed by atoms with E-state index in [0.29, 0.717) is 39.3 Å². The smallest absolute Gasteiger partial charge is 0.276 e. The number of oxime groups is 1. The number of rotatable bonds is 7. The molecule has 4 aromatic rings. The Labute approximate surface area is 213 Å². The number of nitro benzene ring substituents is 1. The molecule has 0 aliphatic heterocycles. The molecule has 1 heterocycles. The number of nitro groups is 1. The molecule has 9 nitrogen and oxygen atoms in total. The van der Waals surface area contributed by atoms with Crippen molar-refractivity contribution in [1.29, 1.82) is 0 Å². The first-order valence-corrected chi connectivity index (χ1v) is 11.5. The molecule has 37 heavy (non-hydrogen) atoms. The van der Waals surface area contributed by atoms with Gasteiger partial charge in [0.15, 0.2) is 0 Å². The molecule has 0 aliphatic carbocycles. The van der Waals surface area contributed by atoms with Crippen LogP contribution in [-0.2, 0) is 6.54 Å². The number of nitrogens with zero attached hydrogens (tertiary/aromatic N) is 4. The van der Waals surface area contributed by atoms with Crippen LogP contribution in [0, 0.1) is 30.9 Å². The van der Waals surface area contributed by atoms with Crippen molar-refractivity contribution in [2.24, 2.45) is 5.16 Å². The second-order valence-electron chi connectivity index (χ2n) is 8.68. The van der Waals surface area contributed by atoms with Crippen molar-refractivity contribution >= 4 is 11.4 Å². The lowest BCUT2D eigenvalue weighted by Crippen LogP contribution is -2.30. The predicted octanol–water partition coefficient (Wildman–Crippen LogP) is 5.03. The zero-order valence-corrected chi connectivity index (χ0v) is 20.9. The summed E-state index contributed by atoms with van der Waals surface area (Å²) in [5.41, 5.74) is 3.24. The van der Waals surface area contributed by atoms with Crippen molar-refractivity contribution in [3.8, 4) is 17.0 Å². The first kappa shape index (κ1) is 25.3. The number of hydrogen-bond acceptors (Lipinski definition) is 7. The third-order valence-electron chi connectivity index (χ3n) is 6.24. The van der Waals surface area contributed by atoms with Crippen molar-refractivity contribution in [2.75, 3.05) is 7.11 Å². The molecule has 1 aromatic heterocycles. The van der Waals surface area contributed by atoms with Gasteiger partial charge in [-0.3, -0.25) is 14.9 Å². The fraction of sp³-hybridized carbons (Fsp3) is 0.179. The lowest BCUT2D eigenvalue weighted by Gasteiger charge is -2.16. The van der Waals surface area contributed by atoms with E-state index in [0.717, 1.165) is 5.56 Å². The van der Waals surface area contributed by atoms with E-state index in [1.807, 2.05) is 42.5 Å². The van der Waals surface area contributed by atoms with Gasteiger partial charge in [-0.05, 0) is 68.3 Å². The van der Waals surface area contributed by atoms with Crippen LogP contribution >= 0.6 is 0 Å². The SMILES string of the molecule is COc1ccc(-c2cc(C(=NO)c3c(C)cc(C)c([N+](=O)[O-])c3C)c(=O)n(Cc3ccccc3)n2)cc1. The van der Waals surface area contributed by atoms with Crippen LogP contribution in [0.25, 0.3) is 11.3 Å². The van der Waals surface area contributed by atoms with Gasteiger partial charge in [0.1, 0.15) is 11.5 Å². The summed E-state index contributed by atoms with van der Waals surface area (Å²) < 4.78 is 6.56. The molecule has 0 unspecified atom stereocenters. The number of hydrogen-bond donors (Lipinski definition) is 1. The van der Waals surface area contributed by atoms with E-state index in [2.05, 4.69) is 10.3 Å². The van der Waals surface area contributed by atoms with E-state index in [-0.39, 0.29) is 23.5 Å². The standard InChI is InChI=1S/C28H26N4O5/c1-17-14-18(2)27(32(35)36)19(3)25(17)26(30-34)23-15-24(21-10-12-22(37-4)13-11-21)29-31(28(23)33)16-20-8-6-5-7-9-20/h5-15,34H,16H2,1-4H3. The fourth-order valence-electron chi connectivity index (χ4n) is 4.54. The zero-order chi connectivity index (χ0) is 26.7. The maximum atomic E-state index is 13.7. The molecule has 1 N–H and O–H groups in total. The van der Waals surface area contributed by atoms with E-state index in [1.54, 1.807) is 52.1 Å². The van der Waals surface area contributed by atoms with E-state index < -0.39 is 10.5 Å². The van der Waals surface area contributed by atoms with Crippen molar-refractivity contribution in [3.63, 3.8) is 0 Å². The third kappa shape index (κ3) is 4.97. The topological polar surface area (TPSA) is 120 Å². The van der Waals surface area contributed by atoms with Crippen molar-refractivity contribution in [2.45, 2.75) is 27.3 Å². The summed E-state index contributed by atoms with van der Waals surface area (Å²) in [5, 5.41) is 30.0. The number of ether oxygens (including phenoxy) is 1. The summed E-state index contributed by atoms with van der Waals surface area (Å²) in [4.78, 5) is 25.0. The predicted molar refractivity (Wildman–Crippen MR) is 141 cm³/mol. The lowest BCUT2D eigenvalue weighted by molar-refractivity contribution is -0.386. The maximum absolute atomic E-state index is 13.7. The molecule has 0 bridgehead atoms. The van der Waals surface area contributed by atoms with Crippen LogP contribution in [0.3, 0.4) is 0 Å². The second kappa shape index (κ2) is 10.4. The first-order chi connectivity index (χ1) is 17.7. The van der Waals surface area contributed by atoms with Gasteiger partial charge in [-0.15, -0.1) is 0 Å². The molecule has 0 saturated carbocycles. The summed E-state index contributed by atoms with van der Waals surface area (Å²) in [6, 6.07) is 19.8. The van der Waals surface area contributed by atoms with Crippen LogP contribution in [0.5, 0.6) is 5.75 Å². The number of methoxy groups -OCH3 is 1. The van der Waals surface area contributed by atoms with Gasteiger partial charge in [-0.25, -0.2) is 4.68 Å². The van der Waals surface area contributed by atoms with E-state index in [4.69, 9.17) is 4.74 Å². The van der Waals surface area contributed by atoms with Gasteiger partial charge >= 0.3 is 0 Å². The van der Waals surface area contributed by atoms with Crippen LogP contribution < -0.4 is 10.3 Å². The maximum Gasteiger partial charge on any atom is 0.276 e. The van der Waals surface area contributed by atoms with Gasteiger partial charge in [-0.2, -0.15) is 5.10 Å². The Morgan fingerprint density at radius 3 is 2.32 bits per heavy atom. The fourth-order valence-corrected chi connectivity index (χ4v) is 4.54. The molecular formula is C28H26N4O5. The average Bonchev–Trinajstić information content (AvgIpc) is 2.88. The van der Waals surface area contributed by atoms with Gasteiger partial charge in [0.25, 0.3) is 11.2 Å². The molecule has 4 rings (SSSR count). The number of benzene rings is 3. The number of aromatic nitrogens is 2. The molecule has 0 radical (unpaired) electrons. The molecular weight excluding hydrogens is 472 g/mol. The highest BCUT2D eigenvalue weighted by Gasteiger charge is 2.26. The molecule has 3 aromatic carbocycles. The average molecular weight is 499 g/mol. The third-order valence-corrected chi connectivity index (χ3v) is 6.24. The Balaban J connectivity index is 1.97. The highest BCUT2D eigenvalue weighted by Crippen LogP contribution is 2.31. The highest BCUT2D eigenvalue weighted by atomic mass is 16.6. The molecule has 188 valence electrons. The van der Waals surface area contributed by atoms with E-state index in [1.165, 1.54) is 4.68 Å². The second-order valence-corrected chi connectivity index (χ2v) is 8.68. The van der Waals surface area contributed by atoms with Gasteiger partial charge in [-0.1, -0.05) is 35.5 Å². The Kier molecular flexibility index (Phi) is 7.15. The minimum Gasteiger partial charge on any atom is -0.497 e. The van der Waals surface area contributed by atoms with Crippen LogP contribution in [-0.4, -0.2) is 32.7 Å². The Bertz CT molecular complexity index is 1560. The largest absolute Gasteiger partial charge is 0.497 e. The lowest BCUT2D eigenvalue weighted by atomic mass is 9.91. The molecule has 0 saturated heterocycles.